The summed E-state index contributed by atoms with van der Waals surface area (Å²) in [5.41, 5.74) is 4.05. The maximum atomic E-state index is 12.9. The summed E-state index contributed by atoms with van der Waals surface area (Å²) in [4.78, 5) is 28.0. The second kappa shape index (κ2) is 10.3. The number of carbonyl (C=O) groups is 1. The average molecular weight is 429 g/mol. The Morgan fingerprint density at radius 1 is 1.23 bits per heavy atom. The topological polar surface area (TPSA) is 53.8 Å². The van der Waals surface area contributed by atoms with Crippen molar-refractivity contribution in [2.24, 2.45) is 0 Å². The molecule has 1 saturated heterocycles. The molecule has 3 rings (SSSR count). The molecule has 0 aliphatic carbocycles. The van der Waals surface area contributed by atoms with E-state index in [1.165, 1.54) is 4.90 Å². The van der Waals surface area contributed by atoms with Crippen LogP contribution in [0.3, 0.4) is 0 Å². The Morgan fingerprint density at radius 3 is 2.67 bits per heavy atom. The lowest BCUT2D eigenvalue weighted by Gasteiger charge is -2.30. The summed E-state index contributed by atoms with van der Waals surface area (Å²) in [6, 6.07) is 7.99. The molecule has 0 atom stereocenters. The Balaban J connectivity index is 1.69. The first-order valence-electron chi connectivity index (χ1n) is 10.8. The number of thioether (sulfide) groups is 1. The van der Waals surface area contributed by atoms with Gasteiger partial charge in [-0.15, -0.1) is 0 Å². The zero-order chi connectivity index (χ0) is 21.7. The van der Waals surface area contributed by atoms with Gasteiger partial charge in [-0.1, -0.05) is 30.8 Å². The molecule has 0 saturated carbocycles. The van der Waals surface area contributed by atoms with E-state index in [-0.39, 0.29) is 5.91 Å². The standard InChI is InChI=1S/C23H33N5OS/c1-6-10-27(5)21-17(2)18(3)24-23(25-21)30-16-19-8-7-9-20(15-19)22(29)28-13-11-26(4)12-14-28/h7-9,15H,6,10-14,16H2,1-5H3/p+1. The van der Waals surface area contributed by atoms with Crippen LogP contribution in [0.4, 0.5) is 5.82 Å². The highest BCUT2D eigenvalue weighted by Gasteiger charge is 2.22. The highest BCUT2D eigenvalue weighted by atomic mass is 32.2. The quantitative estimate of drug-likeness (QED) is 0.541. The number of aromatic nitrogens is 2. The molecule has 6 nitrogen and oxygen atoms in total. The van der Waals surface area contributed by atoms with E-state index in [4.69, 9.17) is 4.98 Å². The normalized spacial score (nSPS) is 14.8. The molecule has 1 aliphatic rings. The summed E-state index contributed by atoms with van der Waals surface area (Å²) >= 11 is 1.63. The van der Waals surface area contributed by atoms with E-state index in [0.717, 1.165) is 78.3 Å². The number of piperazine rings is 1. The van der Waals surface area contributed by atoms with Crippen molar-refractivity contribution >= 4 is 23.5 Å². The molecular weight excluding hydrogens is 394 g/mol. The van der Waals surface area contributed by atoms with E-state index in [2.05, 4.69) is 43.9 Å². The number of amides is 1. The van der Waals surface area contributed by atoms with Gasteiger partial charge in [-0.2, -0.15) is 0 Å². The molecule has 1 aromatic heterocycles. The molecule has 162 valence electrons. The van der Waals surface area contributed by atoms with E-state index in [1.807, 2.05) is 30.0 Å². The van der Waals surface area contributed by atoms with Gasteiger partial charge in [0.1, 0.15) is 5.82 Å². The minimum absolute atomic E-state index is 0.139. The second-order valence-corrected chi connectivity index (χ2v) is 9.14. The summed E-state index contributed by atoms with van der Waals surface area (Å²) < 4.78 is 0. The van der Waals surface area contributed by atoms with E-state index in [9.17, 15) is 4.79 Å². The van der Waals surface area contributed by atoms with Crippen molar-refractivity contribution in [1.82, 2.24) is 14.9 Å². The molecule has 1 aromatic carbocycles. The predicted molar refractivity (Wildman–Crippen MR) is 124 cm³/mol. The molecular formula is C23H34N5OS+. The molecule has 0 radical (unpaired) electrons. The molecule has 2 aromatic rings. The molecule has 0 bridgehead atoms. The van der Waals surface area contributed by atoms with E-state index in [0.29, 0.717) is 0 Å². The van der Waals surface area contributed by atoms with Crippen LogP contribution in [0.2, 0.25) is 0 Å². The van der Waals surface area contributed by atoms with Crippen molar-refractivity contribution in [2.45, 2.75) is 38.1 Å². The van der Waals surface area contributed by atoms with Crippen LogP contribution in [-0.4, -0.2) is 67.6 Å². The van der Waals surface area contributed by atoms with Crippen LogP contribution in [0.1, 0.15) is 40.5 Å². The highest BCUT2D eigenvalue weighted by Crippen LogP contribution is 2.26. The van der Waals surface area contributed by atoms with E-state index in [1.54, 1.807) is 11.8 Å². The summed E-state index contributed by atoms with van der Waals surface area (Å²) in [7, 11) is 4.27. The van der Waals surface area contributed by atoms with Gasteiger partial charge in [0.05, 0.1) is 33.2 Å². The van der Waals surface area contributed by atoms with Crippen molar-refractivity contribution in [3.8, 4) is 0 Å². The van der Waals surface area contributed by atoms with Crippen molar-refractivity contribution < 1.29 is 9.69 Å². The van der Waals surface area contributed by atoms with Gasteiger partial charge in [0.15, 0.2) is 5.16 Å². The smallest absolute Gasteiger partial charge is 0.254 e. The number of nitrogens with one attached hydrogen (secondary N) is 1. The third kappa shape index (κ3) is 5.52. The fourth-order valence-corrected chi connectivity index (χ4v) is 4.51. The van der Waals surface area contributed by atoms with Gasteiger partial charge >= 0.3 is 0 Å². The summed E-state index contributed by atoms with van der Waals surface area (Å²) in [6.07, 6.45) is 1.08. The molecule has 0 spiro atoms. The van der Waals surface area contributed by atoms with Gasteiger partial charge in [0.2, 0.25) is 0 Å². The van der Waals surface area contributed by atoms with Gasteiger partial charge in [-0.05, 0) is 38.0 Å². The van der Waals surface area contributed by atoms with Gasteiger partial charge in [0.25, 0.3) is 5.91 Å². The van der Waals surface area contributed by atoms with Crippen molar-refractivity contribution in [1.29, 1.82) is 0 Å². The number of carbonyl (C=O) groups excluding carboxylic acids is 1. The second-order valence-electron chi connectivity index (χ2n) is 8.20. The van der Waals surface area contributed by atoms with Crippen LogP contribution in [0, 0.1) is 13.8 Å². The molecule has 1 amide bonds. The first kappa shape index (κ1) is 22.6. The predicted octanol–water partition coefficient (Wildman–Crippen LogP) is 2.20. The van der Waals surface area contributed by atoms with Crippen LogP contribution < -0.4 is 9.80 Å². The number of nitrogens with zero attached hydrogens (tertiary/aromatic N) is 4. The lowest BCUT2D eigenvalue weighted by atomic mass is 10.1. The van der Waals surface area contributed by atoms with Gasteiger partial charge in [-0.3, -0.25) is 4.79 Å². The van der Waals surface area contributed by atoms with E-state index >= 15 is 0 Å². The average Bonchev–Trinajstić information content (AvgIpc) is 2.75. The number of rotatable bonds is 7. The molecule has 1 aliphatic heterocycles. The largest absolute Gasteiger partial charge is 0.359 e. The van der Waals surface area contributed by atoms with Gasteiger partial charge < -0.3 is 14.7 Å². The van der Waals surface area contributed by atoms with Crippen LogP contribution in [0.15, 0.2) is 29.4 Å². The van der Waals surface area contributed by atoms with Crippen LogP contribution in [-0.2, 0) is 5.75 Å². The fraction of sp³-hybridized carbons (Fsp3) is 0.522. The Kier molecular flexibility index (Phi) is 7.72. The Hall–Kier alpha value is -2.12. The van der Waals surface area contributed by atoms with Gasteiger partial charge in [0, 0.05) is 36.2 Å². The summed E-state index contributed by atoms with van der Waals surface area (Å²) in [5, 5.41) is 0.787. The molecule has 30 heavy (non-hydrogen) atoms. The number of hydrogen-bond donors (Lipinski definition) is 1. The Morgan fingerprint density at radius 2 is 1.97 bits per heavy atom. The third-order valence-electron chi connectivity index (χ3n) is 5.71. The maximum Gasteiger partial charge on any atom is 0.254 e. The van der Waals surface area contributed by atoms with E-state index < -0.39 is 0 Å². The number of likely N-dealkylation sites (N-methyl/N-ethyl adjacent to an activating group) is 1. The molecule has 2 heterocycles. The zero-order valence-corrected chi connectivity index (χ0v) is 19.7. The minimum atomic E-state index is 0.139. The number of quaternary nitrogens is 1. The Labute approximate surface area is 184 Å². The zero-order valence-electron chi connectivity index (χ0n) is 18.9. The summed E-state index contributed by atoms with van der Waals surface area (Å²) in [6.45, 7) is 11.0. The fourth-order valence-electron chi connectivity index (χ4n) is 3.68. The molecule has 0 unspecified atom stereocenters. The van der Waals surface area contributed by atoms with Crippen LogP contribution in [0.25, 0.3) is 0 Å². The highest BCUT2D eigenvalue weighted by molar-refractivity contribution is 7.98. The number of anilines is 1. The first-order valence-corrected chi connectivity index (χ1v) is 11.8. The molecule has 1 fully saturated rings. The van der Waals surface area contributed by atoms with Crippen LogP contribution in [0.5, 0.6) is 0 Å². The van der Waals surface area contributed by atoms with Crippen molar-refractivity contribution in [2.75, 3.05) is 51.7 Å². The lowest BCUT2D eigenvalue weighted by molar-refractivity contribution is -0.883. The maximum absolute atomic E-state index is 12.9. The SMILES string of the molecule is CCCN(C)c1nc(SCc2cccc(C(=O)N3CC[NH+](C)CC3)c2)nc(C)c1C. The first-order chi connectivity index (χ1) is 14.4. The number of aryl methyl sites for hydroxylation is 1. The molecule has 1 N–H and O–H groups in total. The van der Waals surface area contributed by atoms with Crippen LogP contribution >= 0.6 is 11.8 Å². The summed E-state index contributed by atoms with van der Waals surface area (Å²) in [5.74, 6) is 1.89. The van der Waals surface area contributed by atoms with Gasteiger partial charge in [-0.25, -0.2) is 9.97 Å². The number of benzene rings is 1. The van der Waals surface area contributed by atoms with Crippen molar-refractivity contribution in [3.63, 3.8) is 0 Å². The Bertz CT molecular complexity index is 880. The molecule has 7 heteroatoms. The minimum Gasteiger partial charge on any atom is -0.359 e. The third-order valence-corrected chi connectivity index (χ3v) is 6.63. The lowest BCUT2D eigenvalue weighted by Crippen LogP contribution is -3.12. The van der Waals surface area contributed by atoms with Crippen molar-refractivity contribution in [3.05, 3.63) is 46.6 Å². The number of hydrogen-bond acceptors (Lipinski definition) is 5. The monoisotopic (exact) mass is 428 g/mol.